The minimum atomic E-state index is 0.732. The van der Waals surface area contributed by atoms with Crippen molar-refractivity contribution in [3.05, 3.63) is 41.2 Å². The first-order valence-electron chi connectivity index (χ1n) is 6.28. The van der Waals surface area contributed by atoms with Gasteiger partial charge >= 0.3 is 0 Å². The van der Waals surface area contributed by atoms with Crippen LogP contribution in [0.15, 0.2) is 30.6 Å². The Balaban J connectivity index is 2.14. The van der Waals surface area contributed by atoms with Crippen LogP contribution in [-0.4, -0.2) is 16.5 Å². The van der Waals surface area contributed by atoms with Crippen LogP contribution in [-0.2, 0) is 0 Å². The number of anilines is 3. The Bertz CT molecular complexity index is 557. The van der Waals surface area contributed by atoms with E-state index in [0.29, 0.717) is 0 Å². The quantitative estimate of drug-likeness (QED) is 0.866. The lowest BCUT2D eigenvalue weighted by Crippen LogP contribution is -2.03. The van der Waals surface area contributed by atoms with Gasteiger partial charge in [-0.25, -0.2) is 9.97 Å². The fourth-order valence-electron chi connectivity index (χ4n) is 1.68. The molecule has 2 aromatic rings. The largest absolute Gasteiger partial charge is 0.370 e. The predicted octanol–water partition coefficient (Wildman–Crippen LogP) is 4.00. The molecular formula is C14H17ClN4. The molecule has 0 fully saturated rings. The Morgan fingerprint density at radius 1 is 1.16 bits per heavy atom. The van der Waals surface area contributed by atoms with Gasteiger partial charge in [-0.3, -0.25) is 0 Å². The molecule has 2 rings (SSSR count). The van der Waals surface area contributed by atoms with Gasteiger partial charge in [-0.15, -0.1) is 0 Å². The maximum Gasteiger partial charge on any atom is 0.135 e. The molecule has 0 spiro atoms. The van der Waals surface area contributed by atoms with Crippen LogP contribution in [0.2, 0.25) is 5.02 Å². The summed E-state index contributed by atoms with van der Waals surface area (Å²) in [6, 6.07) is 7.61. The third-order valence-corrected chi connectivity index (χ3v) is 2.91. The zero-order chi connectivity index (χ0) is 13.7. The minimum Gasteiger partial charge on any atom is -0.370 e. The van der Waals surface area contributed by atoms with Gasteiger partial charge in [-0.2, -0.15) is 0 Å². The van der Waals surface area contributed by atoms with Crippen molar-refractivity contribution in [3.63, 3.8) is 0 Å². The van der Waals surface area contributed by atoms with Gasteiger partial charge in [-0.05, 0) is 37.1 Å². The number of nitrogens with one attached hydrogen (secondary N) is 2. The molecule has 0 radical (unpaired) electrons. The summed E-state index contributed by atoms with van der Waals surface area (Å²) in [6.45, 7) is 5.02. The number of halogens is 1. The molecular weight excluding hydrogens is 260 g/mol. The molecule has 0 aliphatic heterocycles. The highest BCUT2D eigenvalue weighted by Crippen LogP contribution is 2.23. The fourth-order valence-corrected chi connectivity index (χ4v) is 1.91. The Morgan fingerprint density at radius 2 is 1.95 bits per heavy atom. The van der Waals surface area contributed by atoms with Crippen LogP contribution in [0.25, 0.3) is 0 Å². The molecule has 0 amide bonds. The van der Waals surface area contributed by atoms with Crippen molar-refractivity contribution in [3.8, 4) is 0 Å². The van der Waals surface area contributed by atoms with E-state index >= 15 is 0 Å². The van der Waals surface area contributed by atoms with Crippen LogP contribution in [0.4, 0.5) is 17.3 Å². The zero-order valence-corrected chi connectivity index (χ0v) is 11.8. The third kappa shape index (κ3) is 3.83. The number of hydrogen-bond donors (Lipinski definition) is 2. The normalized spacial score (nSPS) is 10.3. The Hall–Kier alpha value is -1.81. The van der Waals surface area contributed by atoms with E-state index in [4.69, 9.17) is 11.6 Å². The zero-order valence-electron chi connectivity index (χ0n) is 11.1. The minimum absolute atomic E-state index is 0.732. The SMILES string of the molecule is CCCNc1cc(Nc2ccc(Cl)cc2C)ncn1. The van der Waals surface area contributed by atoms with Crippen molar-refractivity contribution in [1.29, 1.82) is 0 Å². The Kier molecular flexibility index (Phi) is 4.58. The Labute approximate surface area is 118 Å². The molecule has 0 aliphatic rings. The van der Waals surface area contributed by atoms with E-state index in [1.54, 1.807) is 6.33 Å². The number of aromatic nitrogens is 2. The van der Waals surface area contributed by atoms with Crippen molar-refractivity contribution in [1.82, 2.24) is 9.97 Å². The van der Waals surface area contributed by atoms with E-state index in [1.807, 2.05) is 31.2 Å². The summed E-state index contributed by atoms with van der Waals surface area (Å²) in [5, 5.41) is 7.23. The van der Waals surface area contributed by atoms with Crippen molar-refractivity contribution >= 4 is 28.9 Å². The third-order valence-electron chi connectivity index (χ3n) is 2.67. The number of benzene rings is 1. The van der Waals surface area contributed by atoms with Crippen LogP contribution < -0.4 is 10.6 Å². The molecule has 2 N–H and O–H groups in total. The first kappa shape index (κ1) is 13.6. The van der Waals surface area contributed by atoms with E-state index in [2.05, 4.69) is 27.5 Å². The monoisotopic (exact) mass is 276 g/mol. The maximum absolute atomic E-state index is 5.94. The molecule has 1 aromatic heterocycles. The van der Waals surface area contributed by atoms with Gasteiger partial charge in [0.25, 0.3) is 0 Å². The van der Waals surface area contributed by atoms with Crippen LogP contribution in [0.3, 0.4) is 0 Å². The summed E-state index contributed by atoms with van der Waals surface area (Å²) in [6.07, 6.45) is 2.61. The second-order valence-corrected chi connectivity index (χ2v) is 4.74. The van der Waals surface area contributed by atoms with Crippen LogP contribution in [0.1, 0.15) is 18.9 Å². The second kappa shape index (κ2) is 6.38. The summed E-state index contributed by atoms with van der Waals surface area (Å²) in [5.41, 5.74) is 2.07. The molecule has 0 unspecified atom stereocenters. The number of aryl methyl sites for hydroxylation is 1. The maximum atomic E-state index is 5.94. The van der Waals surface area contributed by atoms with Gasteiger partial charge in [0.1, 0.15) is 18.0 Å². The van der Waals surface area contributed by atoms with Crippen molar-refractivity contribution in [2.45, 2.75) is 20.3 Å². The standard InChI is InChI=1S/C14H17ClN4/c1-3-6-16-13-8-14(18-9-17-13)19-12-5-4-11(15)7-10(12)2/h4-5,7-9H,3,6H2,1-2H3,(H2,16,17,18,19). The average molecular weight is 277 g/mol. The predicted molar refractivity (Wildman–Crippen MR) is 80.3 cm³/mol. The first-order valence-corrected chi connectivity index (χ1v) is 6.66. The summed E-state index contributed by atoms with van der Waals surface area (Å²) in [4.78, 5) is 8.38. The lowest BCUT2D eigenvalue weighted by atomic mass is 10.2. The van der Waals surface area contributed by atoms with Gasteiger partial charge in [0.05, 0.1) is 0 Å². The van der Waals surface area contributed by atoms with Crippen LogP contribution in [0.5, 0.6) is 0 Å². The van der Waals surface area contributed by atoms with Crippen molar-refractivity contribution in [2.75, 3.05) is 17.2 Å². The molecule has 0 saturated heterocycles. The van der Waals surface area contributed by atoms with Crippen LogP contribution >= 0.6 is 11.6 Å². The number of hydrogen-bond acceptors (Lipinski definition) is 4. The molecule has 4 nitrogen and oxygen atoms in total. The highest BCUT2D eigenvalue weighted by Gasteiger charge is 2.02. The van der Waals surface area contributed by atoms with Gasteiger partial charge in [0, 0.05) is 23.3 Å². The summed E-state index contributed by atoms with van der Waals surface area (Å²) in [5.74, 6) is 1.59. The first-order chi connectivity index (χ1) is 9.19. The van der Waals surface area contributed by atoms with E-state index < -0.39 is 0 Å². The number of nitrogens with zero attached hydrogens (tertiary/aromatic N) is 2. The van der Waals surface area contributed by atoms with Gasteiger partial charge < -0.3 is 10.6 Å². The molecule has 19 heavy (non-hydrogen) atoms. The summed E-state index contributed by atoms with van der Waals surface area (Å²) in [7, 11) is 0. The molecule has 0 bridgehead atoms. The smallest absolute Gasteiger partial charge is 0.135 e. The molecule has 1 heterocycles. The molecule has 5 heteroatoms. The summed E-state index contributed by atoms with van der Waals surface area (Å²) < 4.78 is 0. The topological polar surface area (TPSA) is 49.8 Å². The Morgan fingerprint density at radius 3 is 2.68 bits per heavy atom. The highest BCUT2D eigenvalue weighted by molar-refractivity contribution is 6.30. The molecule has 100 valence electrons. The average Bonchev–Trinajstić information content (AvgIpc) is 2.40. The summed E-state index contributed by atoms with van der Waals surface area (Å²) >= 11 is 5.94. The van der Waals surface area contributed by atoms with E-state index in [1.165, 1.54) is 0 Å². The second-order valence-electron chi connectivity index (χ2n) is 4.30. The van der Waals surface area contributed by atoms with Gasteiger partial charge in [0.15, 0.2) is 0 Å². The highest BCUT2D eigenvalue weighted by atomic mass is 35.5. The van der Waals surface area contributed by atoms with E-state index in [0.717, 1.165) is 40.9 Å². The molecule has 1 aromatic carbocycles. The van der Waals surface area contributed by atoms with Gasteiger partial charge in [-0.1, -0.05) is 18.5 Å². The van der Waals surface area contributed by atoms with Gasteiger partial charge in [0.2, 0.25) is 0 Å². The van der Waals surface area contributed by atoms with E-state index in [-0.39, 0.29) is 0 Å². The van der Waals surface area contributed by atoms with Crippen molar-refractivity contribution < 1.29 is 0 Å². The molecule has 0 saturated carbocycles. The lowest BCUT2D eigenvalue weighted by Gasteiger charge is -2.10. The molecule has 0 aliphatic carbocycles. The van der Waals surface area contributed by atoms with Crippen LogP contribution in [0, 0.1) is 6.92 Å². The number of rotatable bonds is 5. The lowest BCUT2D eigenvalue weighted by molar-refractivity contribution is 0.965. The van der Waals surface area contributed by atoms with E-state index in [9.17, 15) is 0 Å². The molecule has 0 atom stereocenters. The van der Waals surface area contributed by atoms with Crippen molar-refractivity contribution in [2.24, 2.45) is 0 Å². The fraction of sp³-hybridized carbons (Fsp3) is 0.286.